The molecule has 0 aliphatic rings. The standard InChI is InChI=1S/C38H44ClN2O2S/c1-5-41(6-2,28-32-22-29(3)21-30(4)23-32)20-10-9-19-40(27-31-13-14-33-11-7-8-12-34(33)24-31)44(42,43)38-18-16-35-25-37(39)17-15-36(35)26-38/h7-8,11-18,21-26H,5-6,9-10,19-20,27-28H2,1-4H3/q+1. The van der Waals surface area contributed by atoms with Crippen LogP contribution < -0.4 is 0 Å². The normalized spacial score (nSPS) is 12.4. The number of hydrogen-bond donors (Lipinski definition) is 0. The maximum Gasteiger partial charge on any atom is 0.243 e. The second-order valence-electron chi connectivity index (χ2n) is 12.2. The molecular formula is C38H44ClN2O2S+. The summed E-state index contributed by atoms with van der Waals surface area (Å²) >= 11 is 6.19. The quantitative estimate of drug-likeness (QED) is 0.0963. The SMILES string of the molecule is CC[N+](CC)(CCCCN(Cc1ccc2ccccc2c1)S(=O)(=O)c1ccc2cc(Cl)ccc2c1)Cc1cc(C)cc(C)c1. The van der Waals surface area contributed by atoms with Gasteiger partial charge in [0.15, 0.2) is 0 Å². The highest BCUT2D eigenvalue weighted by Gasteiger charge is 2.27. The molecule has 5 aromatic rings. The maximum atomic E-state index is 14.2. The summed E-state index contributed by atoms with van der Waals surface area (Å²) in [5, 5.41) is 4.69. The van der Waals surface area contributed by atoms with Crippen molar-refractivity contribution in [3.8, 4) is 0 Å². The highest BCUT2D eigenvalue weighted by atomic mass is 35.5. The van der Waals surface area contributed by atoms with Crippen molar-refractivity contribution >= 4 is 43.2 Å². The van der Waals surface area contributed by atoms with Crippen molar-refractivity contribution in [2.45, 2.75) is 58.5 Å². The molecule has 0 saturated heterocycles. The lowest BCUT2D eigenvalue weighted by Gasteiger charge is -2.37. The fraction of sp³-hybridized carbons (Fsp3) is 0.316. The number of fused-ring (bicyclic) bond motifs is 2. The van der Waals surface area contributed by atoms with Crippen LogP contribution in [0.1, 0.15) is 48.9 Å². The summed E-state index contributed by atoms with van der Waals surface area (Å²) in [5.74, 6) is 0. The van der Waals surface area contributed by atoms with Gasteiger partial charge in [0.25, 0.3) is 0 Å². The molecule has 6 heteroatoms. The van der Waals surface area contributed by atoms with E-state index >= 15 is 0 Å². The second kappa shape index (κ2) is 13.8. The van der Waals surface area contributed by atoms with Crippen molar-refractivity contribution in [1.82, 2.24) is 4.31 Å². The fourth-order valence-electron chi connectivity index (χ4n) is 6.45. The van der Waals surface area contributed by atoms with Crippen LogP contribution in [0, 0.1) is 13.8 Å². The molecule has 0 aliphatic carbocycles. The van der Waals surface area contributed by atoms with Gasteiger partial charge in [-0.3, -0.25) is 0 Å². The lowest BCUT2D eigenvalue weighted by molar-refractivity contribution is -0.938. The number of aryl methyl sites for hydroxylation is 2. The first-order valence-electron chi connectivity index (χ1n) is 15.7. The van der Waals surface area contributed by atoms with Crippen molar-refractivity contribution in [2.75, 3.05) is 26.2 Å². The summed E-state index contributed by atoms with van der Waals surface area (Å²) in [6.07, 6.45) is 1.75. The molecule has 0 heterocycles. The van der Waals surface area contributed by atoms with E-state index in [1.165, 1.54) is 16.7 Å². The Morgan fingerprint density at radius 1 is 0.682 bits per heavy atom. The number of halogens is 1. The van der Waals surface area contributed by atoms with Crippen molar-refractivity contribution in [3.05, 3.63) is 124 Å². The topological polar surface area (TPSA) is 37.4 Å². The molecule has 0 spiro atoms. The molecule has 0 fully saturated rings. The van der Waals surface area contributed by atoms with E-state index in [4.69, 9.17) is 11.6 Å². The number of rotatable bonds is 13. The first-order valence-corrected chi connectivity index (χ1v) is 17.5. The van der Waals surface area contributed by atoms with Crippen molar-refractivity contribution in [1.29, 1.82) is 0 Å². The van der Waals surface area contributed by atoms with E-state index in [2.05, 4.69) is 70.2 Å². The van der Waals surface area contributed by atoms with Gasteiger partial charge in [0.05, 0.1) is 24.5 Å². The van der Waals surface area contributed by atoms with Crippen LogP contribution in [0.2, 0.25) is 5.02 Å². The lowest BCUT2D eigenvalue weighted by atomic mass is 10.1. The zero-order chi connectivity index (χ0) is 31.3. The third-order valence-electron chi connectivity index (χ3n) is 9.02. The summed E-state index contributed by atoms with van der Waals surface area (Å²) in [4.78, 5) is 0.315. The van der Waals surface area contributed by atoms with Crippen LogP contribution in [0.5, 0.6) is 0 Å². The Morgan fingerprint density at radius 2 is 1.32 bits per heavy atom. The molecule has 0 N–H and O–H groups in total. The Balaban J connectivity index is 1.37. The molecular weight excluding hydrogens is 584 g/mol. The fourth-order valence-corrected chi connectivity index (χ4v) is 8.14. The largest absolute Gasteiger partial charge is 0.320 e. The Hall–Kier alpha value is -3.22. The van der Waals surface area contributed by atoms with E-state index in [0.29, 0.717) is 23.0 Å². The van der Waals surface area contributed by atoms with E-state index in [-0.39, 0.29) is 0 Å². The van der Waals surface area contributed by atoms with Gasteiger partial charge >= 0.3 is 0 Å². The minimum absolute atomic E-state index is 0.315. The summed E-state index contributed by atoms with van der Waals surface area (Å²) < 4.78 is 31.1. The average molecular weight is 628 g/mol. The Labute approximate surface area is 268 Å². The predicted molar refractivity (Wildman–Crippen MR) is 186 cm³/mol. The monoisotopic (exact) mass is 627 g/mol. The molecule has 0 aliphatic heterocycles. The highest BCUT2D eigenvalue weighted by molar-refractivity contribution is 7.89. The number of sulfonamides is 1. The van der Waals surface area contributed by atoms with Gasteiger partial charge in [0, 0.05) is 23.7 Å². The van der Waals surface area contributed by atoms with E-state index in [0.717, 1.165) is 70.6 Å². The van der Waals surface area contributed by atoms with E-state index < -0.39 is 10.0 Å². The van der Waals surface area contributed by atoms with E-state index in [1.54, 1.807) is 22.5 Å². The zero-order valence-corrected chi connectivity index (χ0v) is 28.0. The Morgan fingerprint density at radius 3 is 2.05 bits per heavy atom. The number of quaternary nitrogens is 1. The van der Waals surface area contributed by atoms with Gasteiger partial charge in [-0.1, -0.05) is 89.5 Å². The van der Waals surface area contributed by atoms with Crippen LogP contribution in [0.3, 0.4) is 0 Å². The van der Waals surface area contributed by atoms with Gasteiger partial charge in [-0.25, -0.2) is 8.42 Å². The molecule has 44 heavy (non-hydrogen) atoms. The first-order chi connectivity index (χ1) is 21.1. The van der Waals surface area contributed by atoms with Gasteiger partial charge in [0.2, 0.25) is 10.0 Å². The van der Waals surface area contributed by atoms with Crippen molar-refractivity contribution in [3.63, 3.8) is 0 Å². The van der Waals surface area contributed by atoms with Crippen molar-refractivity contribution in [2.24, 2.45) is 0 Å². The molecule has 4 nitrogen and oxygen atoms in total. The Kier molecular flexibility index (Phi) is 10.1. The third-order valence-corrected chi connectivity index (χ3v) is 11.1. The number of nitrogens with zero attached hydrogens (tertiary/aromatic N) is 2. The van der Waals surface area contributed by atoms with Crippen LogP contribution in [0.25, 0.3) is 21.5 Å². The van der Waals surface area contributed by atoms with E-state index in [9.17, 15) is 8.42 Å². The molecule has 0 radical (unpaired) electrons. The summed E-state index contributed by atoms with van der Waals surface area (Å²) in [6.45, 7) is 13.8. The minimum Gasteiger partial charge on any atom is -0.320 e. The lowest BCUT2D eigenvalue weighted by Crippen LogP contribution is -2.47. The van der Waals surface area contributed by atoms with Gasteiger partial charge in [-0.05, 0) is 98.0 Å². The molecule has 0 bridgehead atoms. The predicted octanol–water partition coefficient (Wildman–Crippen LogP) is 9.29. The number of benzene rings is 5. The number of unbranched alkanes of at least 4 members (excludes halogenated alkanes) is 1. The van der Waals surface area contributed by atoms with E-state index in [1.807, 2.05) is 36.4 Å². The van der Waals surface area contributed by atoms with Crippen molar-refractivity contribution < 1.29 is 12.9 Å². The van der Waals surface area contributed by atoms with Gasteiger partial charge in [-0.15, -0.1) is 0 Å². The Bertz CT molecular complexity index is 1840. The molecule has 0 atom stereocenters. The maximum absolute atomic E-state index is 14.2. The molecule has 0 unspecified atom stereocenters. The molecule has 0 aromatic heterocycles. The van der Waals surface area contributed by atoms with Crippen LogP contribution in [-0.4, -0.2) is 43.4 Å². The van der Waals surface area contributed by atoms with Crippen LogP contribution in [-0.2, 0) is 23.1 Å². The summed E-state index contributed by atoms with van der Waals surface area (Å²) in [6, 6.07) is 32.2. The molecule has 230 valence electrons. The average Bonchev–Trinajstić information content (AvgIpc) is 3.01. The van der Waals surface area contributed by atoms with Crippen LogP contribution >= 0.6 is 11.6 Å². The zero-order valence-electron chi connectivity index (χ0n) is 26.4. The second-order valence-corrected chi connectivity index (χ2v) is 14.6. The van der Waals surface area contributed by atoms with Gasteiger partial charge < -0.3 is 4.48 Å². The summed E-state index contributed by atoms with van der Waals surface area (Å²) in [5.41, 5.74) is 4.97. The number of hydrogen-bond acceptors (Lipinski definition) is 2. The molecule has 0 saturated carbocycles. The summed E-state index contributed by atoms with van der Waals surface area (Å²) in [7, 11) is -3.74. The first kappa shape index (κ1) is 32.2. The highest BCUT2D eigenvalue weighted by Crippen LogP contribution is 2.27. The molecule has 0 amide bonds. The van der Waals surface area contributed by atoms with Gasteiger partial charge in [0.1, 0.15) is 6.54 Å². The third kappa shape index (κ3) is 7.52. The smallest absolute Gasteiger partial charge is 0.243 e. The van der Waals surface area contributed by atoms with Crippen LogP contribution in [0.4, 0.5) is 0 Å². The van der Waals surface area contributed by atoms with Gasteiger partial charge in [-0.2, -0.15) is 4.31 Å². The molecule has 5 aromatic carbocycles. The molecule has 5 rings (SSSR count). The van der Waals surface area contributed by atoms with Crippen LogP contribution in [0.15, 0.2) is 102 Å². The minimum atomic E-state index is -3.74.